The van der Waals surface area contributed by atoms with Crippen LogP contribution in [0.1, 0.15) is 24.2 Å². The van der Waals surface area contributed by atoms with Crippen molar-refractivity contribution in [1.29, 1.82) is 0 Å². The molecular formula is C16H19N3O2. The Kier molecular flexibility index (Phi) is 3.75. The second-order valence-electron chi connectivity index (χ2n) is 5.46. The zero-order valence-corrected chi connectivity index (χ0v) is 12.3. The molecule has 0 spiro atoms. The maximum atomic E-state index is 12.6. The Labute approximate surface area is 124 Å². The second-order valence-corrected chi connectivity index (χ2v) is 5.46. The number of rotatable bonds is 2. The molecule has 1 aromatic carbocycles. The molecule has 5 heteroatoms. The van der Waals surface area contributed by atoms with Crippen molar-refractivity contribution in [3.63, 3.8) is 0 Å². The largest absolute Gasteiger partial charge is 0.375 e. The van der Waals surface area contributed by atoms with Gasteiger partial charge in [-0.05, 0) is 26.0 Å². The van der Waals surface area contributed by atoms with Crippen LogP contribution in [0.3, 0.4) is 0 Å². The number of para-hydroxylation sites is 1. The molecule has 21 heavy (non-hydrogen) atoms. The van der Waals surface area contributed by atoms with E-state index in [1.807, 2.05) is 49.1 Å². The minimum Gasteiger partial charge on any atom is -0.375 e. The Morgan fingerprint density at radius 3 is 2.81 bits per heavy atom. The number of benzene rings is 1. The summed E-state index contributed by atoms with van der Waals surface area (Å²) in [5, 5.41) is 4.28. The summed E-state index contributed by atoms with van der Waals surface area (Å²) in [7, 11) is 0. The average molecular weight is 285 g/mol. The summed E-state index contributed by atoms with van der Waals surface area (Å²) in [6, 6.07) is 9.86. The topological polar surface area (TPSA) is 47.4 Å². The van der Waals surface area contributed by atoms with Gasteiger partial charge in [0.2, 0.25) is 0 Å². The fraction of sp³-hybridized carbons (Fsp3) is 0.375. The van der Waals surface area contributed by atoms with E-state index in [9.17, 15) is 4.79 Å². The van der Waals surface area contributed by atoms with Crippen LogP contribution in [-0.2, 0) is 4.74 Å². The van der Waals surface area contributed by atoms with Crippen molar-refractivity contribution in [2.24, 2.45) is 0 Å². The molecule has 1 fully saturated rings. The van der Waals surface area contributed by atoms with Gasteiger partial charge in [0, 0.05) is 12.7 Å². The lowest BCUT2D eigenvalue weighted by Crippen LogP contribution is -2.50. The minimum absolute atomic E-state index is 0.0137. The first-order valence-corrected chi connectivity index (χ1v) is 7.18. The molecule has 2 atom stereocenters. The molecule has 2 aromatic rings. The van der Waals surface area contributed by atoms with Crippen molar-refractivity contribution in [1.82, 2.24) is 14.7 Å². The lowest BCUT2D eigenvalue weighted by molar-refractivity contribution is -0.0387. The number of morpholine rings is 1. The van der Waals surface area contributed by atoms with Gasteiger partial charge in [0.05, 0.1) is 36.2 Å². The first kappa shape index (κ1) is 13.8. The fourth-order valence-corrected chi connectivity index (χ4v) is 2.51. The van der Waals surface area contributed by atoms with E-state index in [1.165, 1.54) is 0 Å². The number of hydrogen-bond acceptors (Lipinski definition) is 3. The van der Waals surface area contributed by atoms with Crippen LogP contribution in [-0.4, -0.2) is 45.9 Å². The maximum Gasteiger partial charge on any atom is 0.257 e. The van der Waals surface area contributed by atoms with Gasteiger partial charge in [0.1, 0.15) is 0 Å². The van der Waals surface area contributed by atoms with E-state index in [0.717, 1.165) is 5.69 Å². The van der Waals surface area contributed by atoms with Gasteiger partial charge in [0.15, 0.2) is 0 Å². The summed E-state index contributed by atoms with van der Waals surface area (Å²) in [5.41, 5.74) is 1.56. The average Bonchev–Trinajstić information content (AvgIpc) is 3.00. The molecule has 0 aliphatic carbocycles. The monoisotopic (exact) mass is 285 g/mol. The van der Waals surface area contributed by atoms with Crippen molar-refractivity contribution in [3.8, 4) is 5.69 Å². The van der Waals surface area contributed by atoms with E-state index in [1.54, 1.807) is 17.1 Å². The van der Waals surface area contributed by atoms with Gasteiger partial charge in [-0.3, -0.25) is 4.79 Å². The van der Waals surface area contributed by atoms with E-state index in [-0.39, 0.29) is 18.1 Å². The van der Waals surface area contributed by atoms with Gasteiger partial charge in [-0.1, -0.05) is 18.2 Å². The predicted octanol–water partition coefficient (Wildman–Crippen LogP) is 2.12. The van der Waals surface area contributed by atoms with Gasteiger partial charge in [-0.2, -0.15) is 5.10 Å². The van der Waals surface area contributed by atoms with Gasteiger partial charge in [0.25, 0.3) is 5.91 Å². The third kappa shape index (κ3) is 2.83. The van der Waals surface area contributed by atoms with E-state index < -0.39 is 0 Å². The first-order valence-electron chi connectivity index (χ1n) is 7.18. The van der Waals surface area contributed by atoms with Crippen LogP contribution in [0.15, 0.2) is 42.7 Å². The second kappa shape index (κ2) is 5.69. The number of nitrogens with zero attached hydrogens (tertiary/aromatic N) is 3. The highest BCUT2D eigenvalue weighted by atomic mass is 16.5. The van der Waals surface area contributed by atoms with E-state index in [2.05, 4.69) is 5.10 Å². The number of carbonyl (C=O) groups is 1. The van der Waals surface area contributed by atoms with Crippen LogP contribution in [0.4, 0.5) is 0 Å². The summed E-state index contributed by atoms with van der Waals surface area (Å²) >= 11 is 0. The highest BCUT2D eigenvalue weighted by molar-refractivity contribution is 5.94. The molecule has 1 saturated heterocycles. The summed E-state index contributed by atoms with van der Waals surface area (Å²) in [6.45, 7) is 5.20. The molecule has 2 unspecified atom stereocenters. The minimum atomic E-state index is 0.0137. The number of aromatic nitrogens is 2. The van der Waals surface area contributed by atoms with Crippen molar-refractivity contribution >= 4 is 5.91 Å². The summed E-state index contributed by atoms with van der Waals surface area (Å²) in [4.78, 5) is 14.5. The van der Waals surface area contributed by atoms with Crippen molar-refractivity contribution < 1.29 is 9.53 Å². The highest BCUT2D eigenvalue weighted by Gasteiger charge is 2.28. The molecule has 0 bridgehead atoms. The maximum absolute atomic E-state index is 12.6. The van der Waals surface area contributed by atoms with E-state index in [0.29, 0.717) is 18.7 Å². The Bertz CT molecular complexity index is 623. The Balaban J connectivity index is 1.81. The third-order valence-corrected chi connectivity index (χ3v) is 3.72. The standard InChI is InChI=1S/C16H19N3O2/c1-12-11-21-13(2)9-18(12)16(20)14-8-17-19(10-14)15-6-4-3-5-7-15/h3-8,10,12-13H,9,11H2,1-2H3. The van der Waals surface area contributed by atoms with Crippen LogP contribution < -0.4 is 0 Å². The third-order valence-electron chi connectivity index (χ3n) is 3.72. The number of hydrogen-bond donors (Lipinski definition) is 0. The van der Waals surface area contributed by atoms with Crippen molar-refractivity contribution in [3.05, 3.63) is 48.3 Å². The van der Waals surface area contributed by atoms with Gasteiger partial charge >= 0.3 is 0 Å². The fourth-order valence-electron chi connectivity index (χ4n) is 2.51. The molecule has 1 aliphatic heterocycles. The normalized spacial score (nSPS) is 22.3. The number of ether oxygens (including phenoxy) is 1. The molecule has 0 N–H and O–H groups in total. The molecule has 1 aliphatic rings. The van der Waals surface area contributed by atoms with Gasteiger partial charge in [-0.25, -0.2) is 4.68 Å². The molecular weight excluding hydrogens is 266 g/mol. The summed E-state index contributed by atoms with van der Waals surface area (Å²) in [5.74, 6) is 0.0137. The van der Waals surface area contributed by atoms with Crippen LogP contribution in [0.25, 0.3) is 5.69 Å². The van der Waals surface area contributed by atoms with Crippen molar-refractivity contribution in [2.45, 2.75) is 26.0 Å². The first-order chi connectivity index (χ1) is 10.1. The SMILES string of the molecule is CC1CN(C(=O)c2cnn(-c3ccccc3)c2)C(C)CO1. The highest BCUT2D eigenvalue weighted by Crippen LogP contribution is 2.16. The van der Waals surface area contributed by atoms with Crippen LogP contribution >= 0.6 is 0 Å². The molecule has 3 rings (SSSR count). The van der Waals surface area contributed by atoms with E-state index >= 15 is 0 Å². The predicted molar refractivity (Wildman–Crippen MR) is 79.5 cm³/mol. The Hall–Kier alpha value is -2.14. The summed E-state index contributed by atoms with van der Waals surface area (Å²) in [6.07, 6.45) is 3.49. The van der Waals surface area contributed by atoms with E-state index in [4.69, 9.17) is 4.74 Å². The Morgan fingerprint density at radius 1 is 1.29 bits per heavy atom. The molecule has 0 saturated carbocycles. The molecule has 2 heterocycles. The molecule has 1 amide bonds. The molecule has 110 valence electrons. The summed E-state index contributed by atoms with van der Waals surface area (Å²) < 4.78 is 7.29. The van der Waals surface area contributed by atoms with Gasteiger partial charge < -0.3 is 9.64 Å². The lowest BCUT2D eigenvalue weighted by Gasteiger charge is -2.36. The van der Waals surface area contributed by atoms with Crippen LogP contribution in [0.5, 0.6) is 0 Å². The van der Waals surface area contributed by atoms with Crippen LogP contribution in [0, 0.1) is 0 Å². The molecule has 0 radical (unpaired) electrons. The lowest BCUT2D eigenvalue weighted by atomic mass is 10.1. The zero-order chi connectivity index (χ0) is 14.8. The number of amides is 1. The van der Waals surface area contributed by atoms with Gasteiger partial charge in [-0.15, -0.1) is 0 Å². The quantitative estimate of drug-likeness (QED) is 0.849. The smallest absolute Gasteiger partial charge is 0.257 e. The number of carbonyl (C=O) groups excluding carboxylic acids is 1. The zero-order valence-electron chi connectivity index (χ0n) is 12.3. The molecule has 5 nitrogen and oxygen atoms in total. The molecule has 1 aromatic heterocycles. The Morgan fingerprint density at radius 2 is 2.05 bits per heavy atom. The van der Waals surface area contributed by atoms with Crippen LogP contribution in [0.2, 0.25) is 0 Å². The van der Waals surface area contributed by atoms with Crippen molar-refractivity contribution in [2.75, 3.05) is 13.2 Å².